The Labute approximate surface area is 169 Å². The highest BCUT2D eigenvalue weighted by Crippen LogP contribution is 2.25. The Morgan fingerprint density at radius 1 is 1.29 bits per heavy atom. The van der Waals surface area contributed by atoms with E-state index < -0.39 is 6.04 Å². The summed E-state index contributed by atoms with van der Waals surface area (Å²) in [6.45, 7) is 0.400. The minimum Gasteiger partial charge on any atom is -0.497 e. The van der Waals surface area contributed by atoms with Crippen molar-refractivity contribution in [3.05, 3.63) is 82.9 Å². The van der Waals surface area contributed by atoms with Crippen molar-refractivity contribution in [3.8, 4) is 5.75 Å². The molecule has 6 nitrogen and oxygen atoms in total. The van der Waals surface area contributed by atoms with Crippen molar-refractivity contribution >= 4 is 17.6 Å². The van der Waals surface area contributed by atoms with Gasteiger partial charge in [0.2, 0.25) is 0 Å². The Kier molecular flexibility index (Phi) is 6.21. The summed E-state index contributed by atoms with van der Waals surface area (Å²) in [6, 6.07) is 14.4. The van der Waals surface area contributed by atoms with Crippen LogP contribution in [0, 0.1) is 0 Å². The maximum atomic E-state index is 12.9. The first-order chi connectivity index (χ1) is 13.5. The lowest BCUT2D eigenvalue weighted by Gasteiger charge is -2.24. The van der Waals surface area contributed by atoms with Crippen LogP contribution in [0.5, 0.6) is 5.75 Å². The average Bonchev–Trinajstić information content (AvgIpc) is 3.13. The van der Waals surface area contributed by atoms with Crippen LogP contribution in [-0.4, -0.2) is 34.6 Å². The molecule has 1 atom stereocenters. The molecule has 1 N–H and O–H groups in total. The number of rotatable bonds is 6. The zero-order chi connectivity index (χ0) is 20.1. The second-order valence-electron chi connectivity index (χ2n) is 6.50. The molecule has 3 rings (SSSR count). The van der Waals surface area contributed by atoms with Crippen molar-refractivity contribution < 1.29 is 9.53 Å². The number of urea groups is 1. The van der Waals surface area contributed by atoms with E-state index in [2.05, 4.69) is 10.3 Å². The summed E-state index contributed by atoms with van der Waals surface area (Å²) in [5, 5.41) is 3.71. The van der Waals surface area contributed by atoms with E-state index >= 15 is 0 Å². The van der Waals surface area contributed by atoms with Crippen LogP contribution in [0.2, 0.25) is 5.02 Å². The lowest BCUT2D eigenvalue weighted by atomic mass is 10.1. The summed E-state index contributed by atoms with van der Waals surface area (Å²) in [5.41, 5.74) is 1.77. The summed E-state index contributed by atoms with van der Waals surface area (Å²) in [4.78, 5) is 18.9. The quantitative estimate of drug-likeness (QED) is 0.682. The second-order valence-corrected chi connectivity index (χ2v) is 6.91. The van der Waals surface area contributed by atoms with Gasteiger partial charge in [-0.15, -0.1) is 0 Å². The fourth-order valence-electron chi connectivity index (χ4n) is 2.96. The van der Waals surface area contributed by atoms with Gasteiger partial charge in [0.05, 0.1) is 7.11 Å². The van der Waals surface area contributed by atoms with E-state index in [0.717, 1.165) is 22.7 Å². The van der Waals surface area contributed by atoms with Gasteiger partial charge in [0, 0.05) is 38.1 Å². The minimum atomic E-state index is -0.420. The van der Waals surface area contributed by atoms with Crippen molar-refractivity contribution in [1.29, 1.82) is 0 Å². The van der Waals surface area contributed by atoms with Crippen LogP contribution in [-0.2, 0) is 13.6 Å². The number of aryl methyl sites for hydroxylation is 1. The van der Waals surface area contributed by atoms with Gasteiger partial charge in [-0.05, 0) is 29.3 Å². The zero-order valence-electron chi connectivity index (χ0n) is 16.1. The van der Waals surface area contributed by atoms with E-state index in [1.807, 2.05) is 66.3 Å². The molecule has 0 saturated carbocycles. The van der Waals surface area contributed by atoms with Gasteiger partial charge in [-0.25, -0.2) is 9.78 Å². The Morgan fingerprint density at radius 3 is 2.75 bits per heavy atom. The number of methoxy groups -OCH3 is 1. The Hall–Kier alpha value is -2.99. The number of amides is 2. The summed E-state index contributed by atoms with van der Waals surface area (Å²) in [5.74, 6) is 1.45. The first kappa shape index (κ1) is 19.8. The number of ether oxygens (including phenoxy) is 1. The summed E-state index contributed by atoms with van der Waals surface area (Å²) >= 11 is 6.22. The Morgan fingerprint density at radius 2 is 2.07 bits per heavy atom. The molecule has 0 fully saturated rings. The SMILES string of the molecule is COc1cccc(C(NC(=O)N(C)Cc2ccccc2Cl)c2nccn2C)c1. The van der Waals surface area contributed by atoms with Crippen LogP contribution in [0.3, 0.4) is 0 Å². The molecule has 0 aliphatic heterocycles. The number of carbonyl (C=O) groups is 1. The van der Waals surface area contributed by atoms with Gasteiger partial charge in [0.25, 0.3) is 0 Å². The molecule has 7 heteroatoms. The number of aromatic nitrogens is 2. The number of hydrogen-bond donors (Lipinski definition) is 1. The number of benzene rings is 2. The molecule has 0 aliphatic carbocycles. The highest BCUT2D eigenvalue weighted by Gasteiger charge is 2.23. The van der Waals surface area contributed by atoms with Crippen molar-refractivity contribution in [2.24, 2.45) is 7.05 Å². The lowest BCUT2D eigenvalue weighted by molar-refractivity contribution is 0.204. The summed E-state index contributed by atoms with van der Waals surface area (Å²) in [7, 11) is 5.25. The number of nitrogens with zero attached hydrogens (tertiary/aromatic N) is 3. The average molecular weight is 399 g/mol. The zero-order valence-corrected chi connectivity index (χ0v) is 16.8. The molecule has 1 aromatic heterocycles. The third-order valence-electron chi connectivity index (χ3n) is 4.52. The first-order valence-corrected chi connectivity index (χ1v) is 9.23. The van der Waals surface area contributed by atoms with Crippen LogP contribution < -0.4 is 10.1 Å². The first-order valence-electron chi connectivity index (χ1n) is 8.85. The molecule has 0 radical (unpaired) electrons. The number of halogens is 1. The smallest absolute Gasteiger partial charge is 0.318 e. The van der Waals surface area contributed by atoms with E-state index in [1.165, 1.54) is 0 Å². The molecule has 0 bridgehead atoms. The van der Waals surface area contributed by atoms with Crippen molar-refractivity contribution in [2.75, 3.05) is 14.2 Å². The molecule has 3 aromatic rings. The third kappa shape index (κ3) is 4.46. The molecular weight excluding hydrogens is 376 g/mol. The molecular formula is C21H23ClN4O2. The largest absolute Gasteiger partial charge is 0.497 e. The van der Waals surface area contributed by atoms with Crippen LogP contribution in [0.1, 0.15) is 23.0 Å². The van der Waals surface area contributed by atoms with Gasteiger partial charge in [-0.3, -0.25) is 0 Å². The number of hydrogen-bond acceptors (Lipinski definition) is 3. The molecule has 2 amide bonds. The van der Waals surface area contributed by atoms with Crippen LogP contribution in [0.25, 0.3) is 0 Å². The van der Waals surface area contributed by atoms with Crippen LogP contribution in [0.15, 0.2) is 60.9 Å². The van der Waals surface area contributed by atoms with Gasteiger partial charge in [-0.1, -0.05) is 41.9 Å². The van der Waals surface area contributed by atoms with Gasteiger partial charge < -0.3 is 19.5 Å². The molecule has 146 valence electrons. The summed E-state index contributed by atoms with van der Waals surface area (Å²) < 4.78 is 7.22. The molecule has 0 aliphatic rings. The van der Waals surface area contributed by atoms with Gasteiger partial charge >= 0.3 is 6.03 Å². The molecule has 0 saturated heterocycles. The number of carbonyl (C=O) groups excluding carboxylic acids is 1. The number of imidazole rings is 1. The van der Waals surface area contributed by atoms with Crippen LogP contribution in [0.4, 0.5) is 4.79 Å². The third-order valence-corrected chi connectivity index (χ3v) is 4.89. The standard InChI is InChI=1S/C21H23ClN4O2/c1-25-12-11-23-20(25)19(15-8-6-9-17(13-15)28-3)24-21(27)26(2)14-16-7-4-5-10-18(16)22/h4-13,19H,14H2,1-3H3,(H,24,27). The predicted molar refractivity (Wildman–Crippen MR) is 109 cm³/mol. The molecule has 28 heavy (non-hydrogen) atoms. The van der Waals surface area contributed by atoms with Gasteiger partial charge in [-0.2, -0.15) is 0 Å². The topological polar surface area (TPSA) is 59.4 Å². The van der Waals surface area contributed by atoms with Crippen molar-refractivity contribution in [1.82, 2.24) is 19.8 Å². The van der Waals surface area contributed by atoms with Crippen molar-refractivity contribution in [3.63, 3.8) is 0 Å². The van der Waals surface area contributed by atoms with E-state index in [1.54, 1.807) is 25.3 Å². The maximum absolute atomic E-state index is 12.9. The normalized spacial score (nSPS) is 11.7. The molecule has 1 unspecified atom stereocenters. The molecule has 1 heterocycles. The fraction of sp³-hybridized carbons (Fsp3) is 0.238. The fourth-order valence-corrected chi connectivity index (χ4v) is 3.16. The van der Waals surface area contributed by atoms with Crippen molar-refractivity contribution in [2.45, 2.75) is 12.6 Å². The maximum Gasteiger partial charge on any atom is 0.318 e. The lowest BCUT2D eigenvalue weighted by Crippen LogP contribution is -2.40. The highest BCUT2D eigenvalue weighted by molar-refractivity contribution is 6.31. The number of nitrogens with one attached hydrogen (secondary N) is 1. The van der Waals surface area contributed by atoms with E-state index in [9.17, 15) is 4.79 Å². The Balaban J connectivity index is 1.84. The van der Waals surface area contributed by atoms with Gasteiger partial charge in [0.1, 0.15) is 17.6 Å². The minimum absolute atomic E-state index is 0.226. The summed E-state index contributed by atoms with van der Waals surface area (Å²) in [6.07, 6.45) is 3.56. The van der Waals surface area contributed by atoms with E-state index in [4.69, 9.17) is 16.3 Å². The second kappa shape index (κ2) is 8.80. The van der Waals surface area contributed by atoms with Crippen LogP contribution >= 0.6 is 11.6 Å². The van der Waals surface area contributed by atoms with Gasteiger partial charge in [0.15, 0.2) is 0 Å². The molecule has 0 spiro atoms. The monoisotopic (exact) mass is 398 g/mol. The highest BCUT2D eigenvalue weighted by atomic mass is 35.5. The van der Waals surface area contributed by atoms with E-state index in [-0.39, 0.29) is 6.03 Å². The predicted octanol–water partition coefficient (Wildman–Crippen LogP) is 4.01. The molecule has 2 aromatic carbocycles. The van der Waals surface area contributed by atoms with E-state index in [0.29, 0.717) is 11.6 Å². The Bertz CT molecular complexity index is 957.